The molecule has 3 aromatic carbocycles. The van der Waals surface area contributed by atoms with Crippen molar-refractivity contribution in [3.63, 3.8) is 0 Å². The Morgan fingerprint density at radius 2 is 1.72 bits per heavy atom. The number of hydrogen-bond donors (Lipinski definition) is 2. The second-order valence-electron chi connectivity index (χ2n) is 9.11. The zero-order chi connectivity index (χ0) is 25.2. The van der Waals surface area contributed by atoms with E-state index in [-0.39, 0.29) is 30.2 Å². The number of anilines is 1. The molecule has 0 bridgehead atoms. The van der Waals surface area contributed by atoms with Gasteiger partial charge in [0.15, 0.2) is 0 Å². The molecule has 184 valence electrons. The first-order valence-corrected chi connectivity index (χ1v) is 12.0. The van der Waals surface area contributed by atoms with Gasteiger partial charge < -0.3 is 15.3 Å². The summed E-state index contributed by atoms with van der Waals surface area (Å²) in [6, 6.07) is 18.7. The lowest BCUT2D eigenvalue weighted by Gasteiger charge is -2.29. The molecule has 2 amide bonds. The van der Waals surface area contributed by atoms with Crippen molar-refractivity contribution in [2.75, 3.05) is 18.4 Å². The molecule has 2 N–H and O–H groups in total. The van der Waals surface area contributed by atoms with Crippen LogP contribution in [0.1, 0.15) is 34.6 Å². The lowest BCUT2D eigenvalue weighted by Crippen LogP contribution is -2.40. The summed E-state index contributed by atoms with van der Waals surface area (Å²) < 4.78 is 15.3. The maximum atomic E-state index is 13.4. The van der Waals surface area contributed by atoms with Crippen molar-refractivity contribution in [1.29, 1.82) is 0 Å². The lowest BCUT2D eigenvalue weighted by atomic mass is 10.1. The highest BCUT2D eigenvalue weighted by Gasteiger charge is 2.21. The van der Waals surface area contributed by atoms with Gasteiger partial charge in [0.05, 0.1) is 23.6 Å². The third kappa shape index (κ3) is 4.99. The fourth-order valence-corrected chi connectivity index (χ4v) is 4.56. The zero-order valence-electron chi connectivity index (χ0n) is 19.9. The van der Waals surface area contributed by atoms with Crippen LogP contribution in [-0.2, 0) is 11.2 Å². The molecule has 1 fully saturated rings. The van der Waals surface area contributed by atoms with Crippen molar-refractivity contribution in [1.82, 2.24) is 14.5 Å². The van der Waals surface area contributed by atoms with Crippen LogP contribution in [0.25, 0.3) is 16.7 Å². The Kier molecular flexibility index (Phi) is 6.52. The first-order valence-electron chi connectivity index (χ1n) is 12.0. The molecule has 5 rings (SSSR count). The topological polar surface area (TPSA) is 87.5 Å². The van der Waals surface area contributed by atoms with Crippen LogP contribution in [0.15, 0.2) is 66.7 Å². The summed E-state index contributed by atoms with van der Waals surface area (Å²) >= 11 is 0. The van der Waals surface area contributed by atoms with E-state index in [4.69, 9.17) is 0 Å². The molecule has 1 saturated heterocycles. The van der Waals surface area contributed by atoms with Crippen molar-refractivity contribution in [2.45, 2.75) is 32.3 Å². The maximum absolute atomic E-state index is 13.4. The molecule has 0 spiro atoms. The van der Waals surface area contributed by atoms with Gasteiger partial charge in [-0.25, -0.2) is 9.37 Å². The lowest BCUT2D eigenvalue weighted by molar-refractivity contribution is -0.132. The zero-order valence-corrected chi connectivity index (χ0v) is 19.9. The Labute approximate surface area is 208 Å². The molecule has 2 heterocycles. The minimum absolute atomic E-state index is 0.0417. The van der Waals surface area contributed by atoms with Crippen LogP contribution in [0.5, 0.6) is 0 Å². The molecule has 1 aliphatic heterocycles. The summed E-state index contributed by atoms with van der Waals surface area (Å²) in [6.07, 6.45) is 1.21. The molecular formula is C28H27FN4O3. The molecule has 0 radical (unpaired) electrons. The van der Waals surface area contributed by atoms with Gasteiger partial charge in [-0.2, -0.15) is 0 Å². The van der Waals surface area contributed by atoms with E-state index in [9.17, 15) is 19.1 Å². The number of halogens is 1. The van der Waals surface area contributed by atoms with E-state index in [2.05, 4.69) is 10.3 Å². The Hall–Kier alpha value is -4.04. The van der Waals surface area contributed by atoms with E-state index in [1.807, 2.05) is 23.6 Å². The van der Waals surface area contributed by atoms with E-state index in [1.54, 1.807) is 47.4 Å². The van der Waals surface area contributed by atoms with Gasteiger partial charge in [-0.15, -0.1) is 0 Å². The molecule has 0 atom stereocenters. The van der Waals surface area contributed by atoms with E-state index in [0.29, 0.717) is 37.2 Å². The quantitative estimate of drug-likeness (QED) is 0.442. The molecular weight excluding hydrogens is 459 g/mol. The number of likely N-dealkylation sites (tertiary alicyclic amines) is 1. The number of carbonyl (C=O) groups is 2. The highest BCUT2D eigenvalue weighted by molar-refractivity contribution is 6.06. The number of hydrogen-bond acceptors (Lipinski definition) is 4. The van der Waals surface area contributed by atoms with Crippen LogP contribution in [0.4, 0.5) is 10.1 Å². The van der Waals surface area contributed by atoms with Gasteiger partial charge in [0, 0.05) is 30.0 Å². The largest absolute Gasteiger partial charge is 0.393 e. The Morgan fingerprint density at radius 3 is 2.42 bits per heavy atom. The Morgan fingerprint density at radius 1 is 1.03 bits per heavy atom. The van der Waals surface area contributed by atoms with Gasteiger partial charge in [-0.1, -0.05) is 12.1 Å². The molecule has 1 aliphatic rings. The molecule has 0 aliphatic carbocycles. The number of amides is 2. The number of fused-ring (bicyclic) bond motifs is 1. The summed E-state index contributed by atoms with van der Waals surface area (Å²) in [5, 5.41) is 12.5. The minimum atomic E-state index is -0.317. The molecule has 4 aromatic rings. The molecule has 1 aromatic heterocycles. The third-order valence-electron chi connectivity index (χ3n) is 6.55. The second-order valence-corrected chi connectivity index (χ2v) is 9.11. The number of aliphatic hydroxyl groups excluding tert-OH is 1. The fraction of sp³-hybridized carbons (Fsp3) is 0.250. The summed E-state index contributed by atoms with van der Waals surface area (Å²) in [4.78, 5) is 31.9. The van der Waals surface area contributed by atoms with Gasteiger partial charge >= 0.3 is 0 Å². The first-order chi connectivity index (χ1) is 17.4. The summed E-state index contributed by atoms with van der Waals surface area (Å²) in [7, 11) is 0. The smallest absolute Gasteiger partial charge is 0.255 e. The summed E-state index contributed by atoms with van der Waals surface area (Å²) in [6.45, 7) is 3.03. The highest BCUT2D eigenvalue weighted by Crippen LogP contribution is 2.23. The van der Waals surface area contributed by atoms with Crippen molar-refractivity contribution in [3.8, 4) is 5.69 Å². The Balaban J connectivity index is 1.29. The number of piperidine rings is 1. The molecule has 8 heteroatoms. The molecule has 7 nitrogen and oxygen atoms in total. The third-order valence-corrected chi connectivity index (χ3v) is 6.55. The van der Waals surface area contributed by atoms with Crippen LogP contribution in [0.3, 0.4) is 0 Å². The number of carbonyl (C=O) groups excluding carboxylic acids is 2. The van der Waals surface area contributed by atoms with Gasteiger partial charge in [-0.05, 0) is 79.9 Å². The molecule has 0 saturated carbocycles. The van der Waals surface area contributed by atoms with E-state index in [0.717, 1.165) is 28.1 Å². The predicted octanol–water partition coefficient (Wildman–Crippen LogP) is 4.25. The normalized spacial score (nSPS) is 14.2. The van der Waals surface area contributed by atoms with Crippen LogP contribution in [0.2, 0.25) is 0 Å². The van der Waals surface area contributed by atoms with E-state index >= 15 is 0 Å². The fourth-order valence-electron chi connectivity index (χ4n) is 4.56. The standard InChI is InChI=1S/C28H27FN4O3/c1-18-30-25-11-4-20(17-26(25)33(18)23-9-5-21(29)6-10-23)28(36)31-22-7-2-19(3-8-22)16-27(35)32-14-12-24(34)13-15-32/h2-11,17,24,34H,12-16H2,1H3,(H,31,36). The summed E-state index contributed by atoms with van der Waals surface area (Å²) in [5.74, 6) is 0.194. The minimum Gasteiger partial charge on any atom is -0.393 e. The predicted molar refractivity (Wildman–Crippen MR) is 136 cm³/mol. The van der Waals surface area contributed by atoms with Crippen LogP contribution >= 0.6 is 0 Å². The maximum Gasteiger partial charge on any atom is 0.255 e. The number of benzene rings is 3. The number of imidazole rings is 1. The Bertz CT molecular complexity index is 1410. The highest BCUT2D eigenvalue weighted by atomic mass is 19.1. The second kappa shape index (κ2) is 9.91. The number of aliphatic hydroxyl groups is 1. The number of rotatable bonds is 5. The van der Waals surface area contributed by atoms with Gasteiger partial charge in [0.25, 0.3) is 5.91 Å². The van der Waals surface area contributed by atoms with Crippen molar-refractivity contribution < 1.29 is 19.1 Å². The van der Waals surface area contributed by atoms with Crippen molar-refractivity contribution >= 4 is 28.5 Å². The van der Waals surface area contributed by atoms with Crippen LogP contribution in [0, 0.1) is 12.7 Å². The van der Waals surface area contributed by atoms with Gasteiger partial charge in [0.2, 0.25) is 5.91 Å². The number of aromatic nitrogens is 2. The van der Waals surface area contributed by atoms with E-state index < -0.39 is 0 Å². The number of nitrogens with one attached hydrogen (secondary N) is 1. The average molecular weight is 487 g/mol. The van der Waals surface area contributed by atoms with Crippen molar-refractivity contribution in [2.24, 2.45) is 0 Å². The summed E-state index contributed by atoms with van der Waals surface area (Å²) in [5.41, 5.74) is 4.22. The number of aryl methyl sites for hydroxylation is 1. The average Bonchev–Trinajstić information content (AvgIpc) is 3.21. The van der Waals surface area contributed by atoms with E-state index in [1.165, 1.54) is 12.1 Å². The SMILES string of the molecule is Cc1nc2ccc(C(=O)Nc3ccc(CC(=O)N4CCC(O)CC4)cc3)cc2n1-c1ccc(F)cc1. The van der Waals surface area contributed by atoms with Crippen LogP contribution in [-0.4, -0.2) is 50.6 Å². The van der Waals surface area contributed by atoms with Gasteiger partial charge in [-0.3, -0.25) is 14.2 Å². The van der Waals surface area contributed by atoms with Gasteiger partial charge in [0.1, 0.15) is 11.6 Å². The van der Waals surface area contributed by atoms with Crippen LogP contribution < -0.4 is 5.32 Å². The van der Waals surface area contributed by atoms with Crippen molar-refractivity contribution in [3.05, 3.63) is 89.5 Å². The molecule has 36 heavy (non-hydrogen) atoms. The number of nitrogens with zero attached hydrogens (tertiary/aromatic N) is 3. The first kappa shape index (κ1) is 23.7. The molecule has 0 unspecified atom stereocenters. The monoisotopic (exact) mass is 486 g/mol.